The van der Waals surface area contributed by atoms with Gasteiger partial charge in [0.25, 0.3) is 5.91 Å². The number of nitrogens with zero attached hydrogens (tertiary/aromatic N) is 1. The molecule has 0 radical (unpaired) electrons. The first-order valence-corrected chi connectivity index (χ1v) is 8.41. The van der Waals surface area contributed by atoms with Crippen LogP contribution >= 0.6 is 11.6 Å². The third-order valence-electron chi connectivity index (χ3n) is 4.25. The fourth-order valence-electron chi connectivity index (χ4n) is 2.98. The van der Waals surface area contributed by atoms with Crippen molar-refractivity contribution >= 4 is 28.9 Å². The van der Waals surface area contributed by atoms with Crippen molar-refractivity contribution in [2.24, 2.45) is 5.92 Å². The van der Waals surface area contributed by atoms with Crippen molar-refractivity contribution in [1.29, 1.82) is 0 Å². The molecular weight excluding hydrogens is 308 g/mol. The second kappa shape index (κ2) is 7.05. The van der Waals surface area contributed by atoms with Crippen LogP contribution in [0.5, 0.6) is 0 Å². The molecule has 0 bridgehead atoms. The van der Waals surface area contributed by atoms with Crippen LogP contribution in [-0.2, 0) is 0 Å². The van der Waals surface area contributed by atoms with E-state index in [0.717, 1.165) is 24.7 Å². The Balaban J connectivity index is 1.65. The zero-order valence-electron chi connectivity index (χ0n) is 13.3. The van der Waals surface area contributed by atoms with Crippen LogP contribution in [0, 0.1) is 5.92 Å². The Labute approximate surface area is 142 Å². The van der Waals surface area contributed by atoms with Crippen molar-refractivity contribution < 1.29 is 4.79 Å². The van der Waals surface area contributed by atoms with Crippen molar-refractivity contribution in [3.63, 3.8) is 0 Å². The summed E-state index contributed by atoms with van der Waals surface area (Å²) in [5.41, 5.74) is 2.63. The third-order valence-corrected chi connectivity index (χ3v) is 4.51. The third kappa shape index (κ3) is 4.05. The topological polar surface area (TPSA) is 32.3 Å². The number of benzene rings is 2. The molecule has 0 aromatic heterocycles. The zero-order chi connectivity index (χ0) is 16.2. The molecule has 4 heteroatoms. The molecule has 1 amide bonds. The standard InChI is InChI=1S/C19H21ClN2O/c1-14-3-2-12-22(13-14)18-10-8-17(9-11-18)21-19(23)15-4-6-16(20)7-5-15/h4-11,14H,2-3,12-13H2,1H3,(H,21,23). The summed E-state index contributed by atoms with van der Waals surface area (Å²) in [5, 5.41) is 3.54. The minimum absolute atomic E-state index is 0.124. The predicted octanol–water partition coefficient (Wildman–Crippen LogP) is 4.83. The molecule has 1 unspecified atom stereocenters. The van der Waals surface area contributed by atoms with Gasteiger partial charge in [-0.05, 0) is 67.3 Å². The number of hydrogen-bond donors (Lipinski definition) is 1. The summed E-state index contributed by atoms with van der Waals surface area (Å²) in [4.78, 5) is 14.6. The van der Waals surface area contributed by atoms with E-state index in [1.54, 1.807) is 24.3 Å². The number of carbonyl (C=O) groups excluding carboxylic acids is 1. The van der Waals surface area contributed by atoms with Crippen molar-refractivity contribution in [1.82, 2.24) is 0 Å². The van der Waals surface area contributed by atoms with Gasteiger partial charge in [-0.25, -0.2) is 0 Å². The summed E-state index contributed by atoms with van der Waals surface area (Å²) in [7, 11) is 0. The highest BCUT2D eigenvalue weighted by Crippen LogP contribution is 2.24. The molecule has 1 fully saturated rings. The lowest BCUT2D eigenvalue weighted by Gasteiger charge is -2.32. The predicted molar refractivity (Wildman–Crippen MR) is 96.5 cm³/mol. The number of rotatable bonds is 3. The van der Waals surface area contributed by atoms with Gasteiger partial charge in [0.05, 0.1) is 0 Å². The highest BCUT2D eigenvalue weighted by atomic mass is 35.5. The first kappa shape index (κ1) is 15.9. The summed E-state index contributed by atoms with van der Waals surface area (Å²) in [6.07, 6.45) is 2.56. The fourth-order valence-corrected chi connectivity index (χ4v) is 3.11. The maximum Gasteiger partial charge on any atom is 0.255 e. The summed E-state index contributed by atoms with van der Waals surface area (Å²) in [6, 6.07) is 15.0. The van der Waals surface area contributed by atoms with Crippen LogP contribution in [-0.4, -0.2) is 19.0 Å². The summed E-state index contributed by atoms with van der Waals surface area (Å²) in [5.74, 6) is 0.619. The Bertz CT molecular complexity index is 667. The highest BCUT2D eigenvalue weighted by Gasteiger charge is 2.16. The maximum absolute atomic E-state index is 12.2. The van der Waals surface area contributed by atoms with Gasteiger partial charge in [0, 0.05) is 35.1 Å². The summed E-state index contributed by atoms with van der Waals surface area (Å²) >= 11 is 5.84. The average molecular weight is 329 g/mol. The first-order valence-electron chi connectivity index (χ1n) is 8.04. The molecule has 1 saturated heterocycles. The SMILES string of the molecule is CC1CCCN(c2ccc(NC(=O)c3ccc(Cl)cc3)cc2)C1. The molecule has 3 nitrogen and oxygen atoms in total. The smallest absolute Gasteiger partial charge is 0.255 e. The van der Waals surface area contributed by atoms with Gasteiger partial charge in [0.15, 0.2) is 0 Å². The van der Waals surface area contributed by atoms with E-state index < -0.39 is 0 Å². The van der Waals surface area contributed by atoms with E-state index in [-0.39, 0.29) is 5.91 Å². The molecule has 1 aliphatic rings. The molecule has 23 heavy (non-hydrogen) atoms. The molecule has 2 aromatic rings. The second-order valence-electron chi connectivity index (χ2n) is 6.20. The Morgan fingerprint density at radius 2 is 1.83 bits per heavy atom. The molecule has 1 heterocycles. The van der Waals surface area contributed by atoms with E-state index >= 15 is 0 Å². The van der Waals surface area contributed by atoms with E-state index in [9.17, 15) is 4.79 Å². The van der Waals surface area contributed by atoms with Crippen LogP contribution in [0.1, 0.15) is 30.1 Å². The van der Waals surface area contributed by atoms with Crippen LogP contribution in [0.2, 0.25) is 5.02 Å². The normalized spacial score (nSPS) is 17.8. The zero-order valence-corrected chi connectivity index (χ0v) is 14.0. The Morgan fingerprint density at radius 3 is 2.48 bits per heavy atom. The lowest BCUT2D eigenvalue weighted by molar-refractivity contribution is 0.102. The van der Waals surface area contributed by atoms with Crippen LogP contribution in [0.3, 0.4) is 0 Å². The van der Waals surface area contributed by atoms with Crippen molar-refractivity contribution in [3.05, 3.63) is 59.1 Å². The summed E-state index contributed by atoms with van der Waals surface area (Å²) < 4.78 is 0. The molecule has 0 spiro atoms. The van der Waals surface area contributed by atoms with Gasteiger partial charge in [-0.3, -0.25) is 4.79 Å². The molecule has 0 saturated carbocycles. The quantitative estimate of drug-likeness (QED) is 0.875. The number of hydrogen-bond acceptors (Lipinski definition) is 2. The van der Waals surface area contributed by atoms with Crippen LogP contribution in [0.4, 0.5) is 11.4 Å². The summed E-state index contributed by atoms with van der Waals surface area (Å²) in [6.45, 7) is 4.52. The van der Waals surface area contributed by atoms with E-state index in [1.165, 1.54) is 18.5 Å². The number of amides is 1. The van der Waals surface area contributed by atoms with Gasteiger partial charge in [0.1, 0.15) is 0 Å². The Morgan fingerprint density at radius 1 is 1.13 bits per heavy atom. The molecule has 1 atom stereocenters. The van der Waals surface area contributed by atoms with E-state index in [1.807, 2.05) is 12.1 Å². The van der Waals surface area contributed by atoms with Gasteiger partial charge < -0.3 is 10.2 Å². The van der Waals surface area contributed by atoms with E-state index in [2.05, 4.69) is 29.3 Å². The lowest BCUT2D eigenvalue weighted by Crippen LogP contribution is -2.34. The number of carbonyl (C=O) groups is 1. The van der Waals surface area contributed by atoms with Crippen molar-refractivity contribution in [2.75, 3.05) is 23.3 Å². The Kier molecular flexibility index (Phi) is 4.87. The maximum atomic E-state index is 12.2. The van der Waals surface area contributed by atoms with Gasteiger partial charge in [0.2, 0.25) is 0 Å². The highest BCUT2D eigenvalue weighted by molar-refractivity contribution is 6.30. The van der Waals surface area contributed by atoms with Gasteiger partial charge in [-0.15, -0.1) is 0 Å². The first-order chi connectivity index (χ1) is 11.1. The second-order valence-corrected chi connectivity index (χ2v) is 6.64. The Hall–Kier alpha value is -2.00. The number of halogens is 1. The average Bonchev–Trinajstić information content (AvgIpc) is 2.56. The van der Waals surface area contributed by atoms with Crippen LogP contribution < -0.4 is 10.2 Å². The molecule has 1 N–H and O–H groups in total. The minimum Gasteiger partial charge on any atom is -0.371 e. The molecule has 3 rings (SSSR count). The number of anilines is 2. The fraction of sp³-hybridized carbons (Fsp3) is 0.316. The van der Waals surface area contributed by atoms with E-state index in [0.29, 0.717) is 10.6 Å². The molecule has 2 aromatic carbocycles. The number of nitrogens with one attached hydrogen (secondary N) is 1. The van der Waals surface area contributed by atoms with E-state index in [4.69, 9.17) is 11.6 Å². The molecule has 1 aliphatic heterocycles. The van der Waals surface area contributed by atoms with Crippen LogP contribution in [0.25, 0.3) is 0 Å². The van der Waals surface area contributed by atoms with Crippen LogP contribution in [0.15, 0.2) is 48.5 Å². The molecule has 0 aliphatic carbocycles. The molecule has 120 valence electrons. The lowest BCUT2D eigenvalue weighted by atomic mass is 10.00. The monoisotopic (exact) mass is 328 g/mol. The van der Waals surface area contributed by atoms with Gasteiger partial charge >= 0.3 is 0 Å². The van der Waals surface area contributed by atoms with Crippen molar-refractivity contribution in [3.8, 4) is 0 Å². The number of piperidine rings is 1. The minimum atomic E-state index is -0.124. The largest absolute Gasteiger partial charge is 0.371 e. The molecular formula is C19H21ClN2O. The van der Waals surface area contributed by atoms with Gasteiger partial charge in [-0.2, -0.15) is 0 Å². The van der Waals surface area contributed by atoms with Crippen molar-refractivity contribution in [2.45, 2.75) is 19.8 Å². The van der Waals surface area contributed by atoms with Gasteiger partial charge in [-0.1, -0.05) is 18.5 Å².